The maximum Gasteiger partial charge on any atom is 0.191 e. The molecule has 0 fully saturated rings. The zero-order valence-corrected chi connectivity index (χ0v) is 11.2. The van der Waals surface area contributed by atoms with Crippen LogP contribution in [0.15, 0.2) is 29.3 Å². The average Bonchev–Trinajstić information content (AvgIpc) is 2.38. The lowest BCUT2D eigenvalue weighted by molar-refractivity contribution is 0.627. The lowest BCUT2D eigenvalue weighted by atomic mass is 10.2. The van der Waals surface area contributed by atoms with Crippen molar-refractivity contribution in [3.63, 3.8) is 0 Å². The molecule has 0 saturated carbocycles. The van der Waals surface area contributed by atoms with Crippen LogP contribution in [0.4, 0.5) is 4.39 Å². The Morgan fingerprint density at radius 2 is 1.89 bits per heavy atom. The highest BCUT2D eigenvalue weighted by molar-refractivity contribution is 5.79. The van der Waals surface area contributed by atoms with Gasteiger partial charge in [0.05, 0.1) is 6.54 Å². The van der Waals surface area contributed by atoms with Crippen LogP contribution < -0.4 is 10.6 Å². The number of guanidine groups is 1. The van der Waals surface area contributed by atoms with Crippen LogP contribution in [-0.2, 0) is 6.54 Å². The maximum absolute atomic E-state index is 12.8. The number of hydrogen-bond acceptors (Lipinski definition) is 1. The van der Waals surface area contributed by atoms with E-state index in [9.17, 15) is 4.39 Å². The zero-order chi connectivity index (χ0) is 13.2. The van der Waals surface area contributed by atoms with Gasteiger partial charge in [0, 0.05) is 13.1 Å². The molecule has 0 heterocycles. The summed E-state index contributed by atoms with van der Waals surface area (Å²) in [5, 5.41) is 6.46. The number of halogens is 1. The number of unbranched alkanes of at least 4 members (excludes halogenated alkanes) is 1. The van der Waals surface area contributed by atoms with Gasteiger partial charge in [0.15, 0.2) is 5.96 Å². The summed E-state index contributed by atoms with van der Waals surface area (Å²) in [5.74, 6) is 0.603. The van der Waals surface area contributed by atoms with Crippen molar-refractivity contribution < 1.29 is 4.39 Å². The first-order chi connectivity index (χ1) is 8.76. The number of benzene rings is 1. The largest absolute Gasteiger partial charge is 0.357 e. The SMILES string of the molecule is CCCCNC(=NCc1ccc(F)cc1)NCC. The van der Waals surface area contributed by atoms with Crippen LogP contribution in [0.2, 0.25) is 0 Å². The molecule has 4 heteroatoms. The van der Waals surface area contributed by atoms with Gasteiger partial charge in [-0.15, -0.1) is 0 Å². The van der Waals surface area contributed by atoms with Crippen LogP contribution in [-0.4, -0.2) is 19.0 Å². The van der Waals surface area contributed by atoms with Gasteiger partial charge >= 0.3 is 0 Å². The molecule has 1 rings (SSSR count). The van der Waals surface area contributed by atoms with Gasteiger partial charge in [-0.25, -0.2) is 9.38 Å². The summed E-state index contributed by atoms with van der Waals surface area (Å²) < 4.78 is 12.8. The fourth-order valence-electron chi connectivity index (χ4n) is 1.49. The van der Waals surface area contributed by atoms with Gasteiger partial charge in [0.25, 0.3) is 0 Å². The minimum atomic E-state index is -0.212. The highest BCUT2D eigenvalue weighted by Crippen LogP contribution is 2.03. The second-order valence-corrected chi connectivity index (χ2v) is 4.10. The van der Waals surface area contributed by atoms with Gasteiger partial charge in [0.2, 0.25) is 0 Å². The molecule has 0 aliphatic rings. The van der Waals surface area contributed by atoms with E-state index >= 15 is 0 Å². The van der Waals surface area contributed by atoms with E-state index in [2.05, 4.69) is 22.5 Å². The van der Waals surface area contributed by atoms with Crippen molar-refractivity contribution in [3.05, 3.63) is 35.6 Å². The number of hydrogen-bond donors (Lipinski definition) is 2. The Morgan fingerprint density at radius 3 is 2.50 bits per heavy atom. The van der Waals surface area contributed by atoms with Gasteiger partial charge in [-0.1, -0.05) is 25.5 Å². The molecule has 1 aromatic carbocycles. The quantitative estimate of drug-likeness (QED) is 0.463. The minimum absolute atomic E-state index is 0.212. The molecule has 0 saturated heterocycles. The molecule has 0 aromatic heterocycles. The van der Waals surface area contributed by atoms with Crippen LogP contribution in [0.3, 0.4) is 0 Å². The maximum atomic E-state index is 12.8. The predicted octanol–water partition coefficient (Wildman–Crippen LogP) is 2.68. The summed E-state index contributed by atoms with van der Waals surface area (Å²) in [4.78, 5) is 4.46. The summed E-state index contributed by atoms with van der Waals surface area (Å²) in [5.41, 5.74) is 1.00. The molecule has 0 aliphatic carbocycles. The Balaban J connectivity index is 2.50. The van der Waals surface area contributed by atoms with E-state index in [0.29, 0.717) is 6.54 Å². The first-order valence-electron chi connectivity index (χ1n) is 6.53. The molecule has 0 spiro atoms. The van der Waals surface area contributed by atoms with Gasteiger partial charge < -0.3 is 10.6 Å². The van der Waals surface area contributed by atoms with Crippen molar-refractivity contribution in [2.75, 3.05) is 13.1 Å². The molecule has 0 bridgehead atoms. The summed E-state index contributed by atoms with van der Waals surface area (Å²) in [7, 11) is 0. The molecule has 0 aliphatic heterocycles. The Labute approximate surface area is 109 Å². The highest BCUT2D eigenvalue weighted by Gasteiger charge is 1.97. The second-order valence-electron chi connectivity index (χ2n) is 4.10. The predicted molar refractivity (Wildman–Crippen MR) is 74.1 cm³/mol. The van der Waals surface area contributed by atoms with Crippen molar-refractivity contribution in [2.45, 2.75) is 33.2 Å². The molecule has 100 valence electrons. The molecule has 2 N–H and O–H groups in total. The van der Waals surface area contributed by atoms with Crippen molar-refractivity contribution in [2.24, 2.45) is 4.99 Å². The third-order valence-electron chi connectivity index (χ3n) is 2.50. The van der Waals surface area contributed by atoms with Crippen LogP contribution in [0.1, 0.15) is 32.3 Å². The van der Waals surface area contributed by atoms with Crippen LogP contribution in [0, 0.1) is 5.82 Å². The van der Waals surface area contributed by atoms with E-state index in [0.717, 1.165) is 37.5 Å². The second kappa shape index (κ2) is 8.50. The van der Waals surface area contributed by atoms with Crippen molar-refractivity contribution in [3.8, 4) is 0 Å². The molecular weight excluding hydrogens is 229 g/mol. The number of nitrogens with one attached hydrogen (secondary N) is 2. The smallest absolute Gasteiger partial charge is 0.191 e. The fraction of sp³-hybridized carbons (Fsp3) is 0.500. The monoisotopic (exact) mass is 251 g/mol. The molecule has 1 aromatic rings. The van der Waals surface area contributed by atoms with E-state index in [1.165, 1.54) is 12.1 Å². The summed E-state index contributed by atoms with van der Waals surface area (Å²) in [6.45, 7) is 6.51. The molecule has 0 atom stereocenters. The van der Waals surface area contributed by atoms with E-state index in [-0.39, 0.29) is 5.82 Å². The zero-order valence-electron chi connectivity index (χ0n) is 11.2. The molecule has 0 amide bonds. The Bertz CT molecular complexity index is 360. The molecule has 0 unspecified atom stereocenters. The average molecular weight is 251 g/mol. The highest BCUT2D eigenvalue weighted by atomic mass is 19.1. The lowest BCUT2D eigenvalue weighted by Gasteiger charge is -2.10. The van der Waals surface area contributed by atoms with Crippen molar-refractivity contribution >= 4 is 5.96 Å². The van der Waals surface area contributed by atoms with Crippen LogP contribution in [0.5, 0.6) is 0 Å². The number of aliphatic imine (C=N–C) groups is 1. The Hall–Kier alpha value is -1.58. The molecule has 3 nitrogen and oxygen atoms in total. The Morgan fingerprint density at radius 1 is 1.17 bits per heavy atom. The number of nitrogens with zero attached hydrogens (tertiary/aromatic N) is 1. The standard InChI is InChI=1S/C14H22FN3/c1-3-5-10-17-14(16-4-2)18-11-12-6-8-13(15)9-7-12/h6-9H,3-5,10-11H2,1-2H3,(H2,16,17,18). The molecular formula is C14H22FN3. The molecule has 18 heavy (non-hydrogen) atoms. The van der Waals surface area contributed by atoms with E-state index in [4.69, 9.17) is 0 Å². The third-order valence-corrected chi connectivity index (χ3v) is 2.50. The molecule has 0 radical (unpaired) electrons. The van der Waals surface area contributed by atoms with Crippen LogP contribution in [0.25, 0.3) is 0 Å². The van der Waals surface area contributed by atoms with Crippen molar-refractivity contribution in [1.29, 1.82) is 0 Å². The van der Waals surface area contributed by atoms with Gasteiger partial charge in [0.1, 0.15) is 5.82 Å². The lowest BCUT2D eigenvalue weighted by Crippen LogP contribution is -2.37. The van der Waals surface area contributed by atoms with Crippen molar-refractivity contribution in [1.82, 2.24) is 10.6 Å². The third kappa shape index (κ3) is 5.66. The first kappa shape index (κ1) is 14.5. The van der Waals surface area contributed by atoms with Gasteiger partial charge in [-0.05, 0) is 31.0 Å². The van der Waals surface area contributed by atoms with Gasteiger partial charge in [-0.2, -0.15) is 0 Å². The number of rotatable bonds is 6. The van der Waals surface area contributed by atoms with E-state index in [1.54, 1.807) is 12.1 Å². The topological polar surface area (TPSA) is 36.4 Å². The minimum Gasteiger partial charge on any atom is -0.357 e. The summed E-state index contributed by atoms with van der Waals surface area (Å²) >= 11 is 0. The van der Waals surface area contributed by atoms with E-state index < -0.39 is 0 Å². The van der Waals surface area contributed by atoms with Gasteiger partial charge in [-0.3, -0.25) is 0 Å². The summed E-state index contributed by atoms with van der Waals surface area (Å²) in [6.07, 6.45) is 2.28. The Kier molecular flexibility index (Phi) is 6.84. The van der Waals surface area contributed by atoms with Crippen LogP contribution >= 0.6 is 0 Å². The first-order valence-corrected chi connectivity index (χ1v) is 6.53. The normalized spacial score (nSPS) is 11.4. The van der Waals surface area contributed by atoms with E-state index in [1.807, 2.05) is 6.92 Å². The fourth-order valence-corrected chi connectivity index (χ4v) is 1.49. The summed E-state index contributed by atoms with van der Waals surface area (Å²) in [6, 6.07) is 6.44.